The molecule has 0 spiro atoms. The van der Waals surface area contributed by atoms with Crippen molar-refractivity contribution in [1.29, 1.82) is 0 Å². The van der Waals surface area contributed by atoms with Crippen LogP contribution in [-0.4, -0.2) is 173 Å². The molecule has 2 saturated carbocycles. The molecule has 0 aromatic heterocycles. The number of likely N-dealkylation sites (tertiary alicyclic amines) is 2. The predicted octanol–water partition coefficient (Wildman–Crippen LogP) is 6.72. The van der Waals surface area contributed by atoms with Crippen molar-refractivity contribution < 1.29 is 83.1 Å². The fourth-order valence-corrected chi connectivity index (χ4v) is 16.2. The van der Waals surface area contributed by atoms with Gasteiger partial charge in [-0.3, -0.25) is 37.4 Å². The van der Waals surface area contributed by atoms with Crippen LogP contribution in [0.15, 0.2) is 60.7 Å². The Hall–Kier alpha value is -2.91. The summed E-state index contributed by atoms with van der Waals surface area (Å²) in [6, 6.07) is 17.9. The molecule has 2 aliphatic heterocycles. The maximum atomic E-state index is 14.2. The van der Waals surface area contributed by atoms with Crippen molar-refractivity contribution in [1.82, 2.24) is 9.80 Å². The molecule has 2 amide bonds. The van der Waals surface area contributed by atoms with Crippen LogP contribution >= 0.6 is 14.7 Å². The fraction of sp³-hybridized carbons (Fsp3) is 0.700. The maximum Gasteiger partial charge on any atom is 2.00 e. The van der Waals surface area contributed by atoms with E-state index < -0.39 is 87.4 Å². The molecule has 19 nitrogen and oxygen atoms in total. The van der Waals surface area contributed by atoms with E-state index >= 15 is 0 Å². The number of ether oxygens (including phenoxy) is 2. The molecule has 6 rings (SSSR count). The summed E-state index contributed by atoms with van der Waals surface area (Å²) in [6.45, 7) is 11.2. The minimum absolute atomic E-state index is 0. The number of amides is 2. The van der Waals surface area contributed by atoms with Gasteiger partial charge in [0.2, 0.25) is 39.1 Å². The fourth-order valence-electron chi connectivity index (χ4n) is 11.6. The second-order valence-electron chi connectivity index (χ2n) is 23.0. The summed E-state index contributed by atoms with van der Waals surface area (Å²) in [6.07, 6.45) is 13.8. The number of esters is 2. The molecular formula is C60H96BaN2O17P2. The van der Waals surface area contributed by atoms with Gasteiger partial charge in [-0.15, -0.1) is 0 Å². The number of carboxylic acids is 2. The molecule has 0 radical (unpaired) electrons. The van der Waals surface area contributed by atoms with E-state index in [2.05, 4.69) is 0 Å². The van der Waals surface area contributed by atoms with Gasteiger partial charge >= 0.3 is 60.8 Å². The quantitative estimate of drug-likeness (QED) is 0.0281. The summed E-state index contributed by atoms with van der Waals surface area (Å²) < 4.78 is 51.3. The largest absolute Gasteiger partial charge is 2.00 e. The van der Waals surface area contributed by atoms with E-state index in [1.54, 1.807) is 41.5 Å². The summed E-state index contributed by atoms with van der Waals surface area (Å²) in [7, 11) is -7.23. The van der Waals surface area contributed by atoms with E-state index in [1.165, 1.54) is 33.8 Å². The first-order valence-electron chi connectivity index (χ1n) is 29.2. The molecule has 82 heavy (non-hydrogen) atoms. The van der Waals surface area contributed by atoms with Crippen LogP contribution in [0.1, 0.15) is 168 Å². The van der Waals surface area contributed by atoms with E-state index in [0.29, 0.717) is 50.6 Å². The number of carbonyl (C=O) groups is 6. The first-order chi connectivity index (χ1) is 37.2. The van der Waals surface area contributed by atoms with Crippen LogP contribution < -0.4 is 10.2 Å². The zero-order valence-electron chi connectivity index (χ0n) is 49.6. The van der Waals surface area contributed by atoms with Gasteiger partial charge in [0.15, 0.2) is 0 Å². The summed E-state index contributed by atoms with van der Waals surface area (Å²) in [5.41, 5.74) is 2.34. The van der Waals surface area contributed by atoms with Gasteiger partial charge < -0.3 is 55.5 Å². The van der Waals surface area contributed by atoms with Crippen molar-refractivity contribution >= 4 is 99.3 Å². The molecule has 4 aliphatic rings. The molecule has 2 saturated heterocycles. The molecule has 460 valence electrons. The second kappa shape index (κ2) is 39.0. The summed E-state index contributed by atoms with van der Waals surface area (Å²) in [4.78, 5) is 77.9. The molecule has 4 fully saturated rings. The van der Waals surface area contributed by atoms with Gasteiger partial charge in [0.1, 0.15) is 12.3 Å². The number of nitrogens with zero attached hydrogens (tertiary/aromatic N) is 2. The van der Waals surface area contributed by atoms with E-state index in [9.17, 15) is 48.1 Å². The number of aliphatic carboxylic acids is 2. The Kier molecular flexibility index (Phi) is 36.7. The van der Waals surface area contributed by atoms with Gasteiger partial charge in [-0.2, -0.15) is 0 Å². The Morgan fingerprint density at radius 1 is 0.524 bits per heavy atom. The number of rotatable bonds is 28. The van der Waals surface area contributed by atoms with Gasteiger partial charge in [0.25, 0.3) is 0 Å². The van der Waals surface area contributed by atoms with Crippen molar-refractivity contribution in [2.45, 2.75) is 195 Å². The number of benzene rings is 2. The number of aryl methyl sites for hydroxylation is 2. The molecule has 0 bridgehead atoms. The molecule has 6 N–H and O–H groups in total. The van der Waals surface area contributed by atoms with Crippen molar-refractivity contribution in [2.75, 3.05) is 37.7 Å². The van der Waals surface area contributed by atoms with Gasteiger partial charge in [-0.1, -0.05) is 166 Å². The third kappa shape index (κ3) is 25.2. The first-order valence-corrected chi connectivity index (χ1v) is 33.2. The van der Waals surface area contributed by atoms with Crippen LogP contribution in [0.2, 0.25) is 0 Å². The third-order valence-corrected chi connectivity index (χ3v) is 20.8. The molecular weight excluding hydrogens is 1220 g/mol. The second-order valence-corrected chi connectivity index (χ2v) is 28.2. The zero-order chi connectivity index (χ0) is 56.8. The first kappa shape index (κ1) is 77.1. The topological polar surface area (TPSA) is 321 Å². The van der Waals surface area contributed by atoms with Crippen molar-refractivity contribution in [3.8, 4) is 0 Å². The summed E-state index contributed by atoms with van der Waals surface area (Å²) >= 11 is 0. The molecule has 2 aromatic carbocycles. The number of unbranched alkanes of at least 4 members (excludes halogenated alkanes) is 2. The Morgan fingerprint density at radius 2 is 0.854 bits per heavy atom. The predicted molar refractivity (Wildman–Crippen MR) is 313 cm³/mol. The van der Waals surface area contributed by atoms with Crippen molar-refractivity contribution in [3.05, 3.63) is 71.8 Å². The van der Waals surface area contributed by atoms with Gasteiger partial charge in [-0.05, 0) is 86.2 Å². The van der Waals surface area contributed by atoms with Crippen molar-refractivity contribution in [2.24, 2.45) is 35.5 Å². The smallest absolute Gasteiger partial charge is 0.548 e. The van der Waals surface area contributed by atoms with Crippen LogP contribution in [-0.2, 0) is 69.3 Å². The van der Waals surface area contributed by atoms with Gasteiger partial charge in [0.05, 0.1) is 24.0 Å². The van der Waals surface area contributed by atoms with Gasteiger partial charge in [0, 0.05) is 50.1 Å². The van der Waals surface area contributed by atoms with Crippen LogP contribution in [0, 0.1) is 35.5 Å². The number of carboxylic acid groups (broad SMARTS) is 2. The van der Waals surface area contributed by atoms with E-state index in [4.69, 9.17) is 18.5 Å². The standard InChI is InChI=1S/2C30H46NO7P.Ba.3H2O/c2*1-4-28(33)37-30(22(2)3)38-39(36,18-12-11-15-23-13-7-5-8-14-23)21-27(32)31-20-25(19-26(31)29(34)35)24-16-9-6-10-17-24;;;;/h2*5,7-8,13-14,22,24-26,30H,4,6,9-12,15-21H2,1-3H3,(H,34,35);;3*1H2/q;;+2;;;/p-2/t2*25-,26-,30+,39?;;;;/m11..../s1. The molecule has 2 aromatic rings. The number of carbonyl (C=O) groups excluding carboxylic acids is 6. The van der Waals surface area contributed by atoms with Crippen LogP contribution in [0.25, 0.3) is 0 Å². The monoisotopic (exact) mass is 1320 g/mol. The van der Waals surface area contributed by atoms with Crippen LogP contribution in [0.3, 0.4) is 0 Å². The normalized spacial score (nSPS) is 21.3. The van der Waals surface area contributed by atoms with E-state index in [-0.39, 0.29) is 114 Å². The SMILES string of the molecule is CCC(=O)O[C@@H](OP(=O)(CCCCc1ccccc1)CC(=O)N1C[C@H](C2CCCCC2)C[C@@H]1C(=O)[O-])C(C)C.CCC(=O)O[C@@H](OP(=O)(CCCCc1ccccc1)CC(=O)N1C[C@H](C2CCCCC2)C[C@@H]1C(=O)[O-])C(C)C.O.O.O.[Ba+2]. The van der Waals surface area contributed by atoms with E-state index in [1.807, 2.05) is 60.7 Å². The molecule has 2 unspecified atom stereocenters. The molecule has 2 heterocycles. The van der Waals surface area contributed by atoms with Crippen LogP contribution in [0.4, 0.5) is 0 Å². The zero-order valence-corrected chi connectivity index (χ0v) is 55.9. The Bertz CT molecular complexity index is 2160. The number of hydrogen-bond acceptors (Lipinski definition) is 14. The molecule has 8 atom stereocenters. The number of hydrogen-bond donors (Lipinski definition) is 0. The molecule has 22 heteroatoms. The van der Waals surface area contributed by atoms with Gasteiger partial charge in [-0.25, -0.2) is 0 Å². The van der Waals surface area contributed by atoms with E-state index in [0.717, 1.165) is 77.0 Å². The Morgan fingerprint density at radius 3 is 1.15 bits per heavy atom. The average Bonchev–Trinajstić information content (AvgIpc) is 4.10. The van der Waals surface area contributed by atoms with Crippen LogP contribution in [0.5, 0.6) is 0 Å². The summed E-state index contributed by atoms with van der Waals surface area (Å²) in [5, 5.41) is 24.0. The Balaban J connectivity index is 0.000000782. The minimum Gasteiger partial charge on any atom is -0.548 e. The minimum atomic E-state index is -3.62. The third-order valence-electron chi connectivity index (χ3n) is 16.1. The molecule has 2 aliphatic carbocycles. The summed E-state index contributed by atoms with van der Waals surface area (Å²) in [5.74, 6) is -3.97. The maximum absolute atomic E-state index is 14.2. The average molecular weight is 1320 g/mol. The Labute approximate surface area is 527 Å². The van der Waals surface area contributed by atoms with Crippen molar-refractivity contribution in [3.63, 3.8) is 0 Å².